The number of ketones is 1. The van der Waals surface area contributed by atoms with Crippen molar-refractivity contribution in [3.05, 3.63) is 54.2 Å². The third kappa shape index (κ3) is 2.49. The van der Waals surface area contributed by atoms with Crippen LogP contribution in [0.25, 0.3) is 10.9 Å². The summed E-state index contributed by atoms with van der Waals surface area (Å²) in [5.74, 6) is 1.21. The van der Waals surface area contributed by atoms with Gasteiger partial charge >= 0.3 is 0 Å². The summed E-state index contributed by atoms with van der Waals surface area (Å²) in [5.41, 5.74) is 1.91. The lowest BCUT2D eigenvalue weighted by molar-refractivity contribution is 0.0978. The van der Waals surface area contributed by atoms with Gasteiger partial charge in [0.25, 0.3) is 0 Å². The molecule has 0 aliphatic rings. The molecule has 3 rings (SSSR count). The number of fused-ring (bicyclic) bond motifs is 1. The van der Waals surface area contributed by atoms with Crippen molar-refractivity contribution in [3.63, 3.8) is 0 Å². The minimum atomic E-state index is 0.183. The number of carbonyl (C=O) groups excluding carboxylic acids is 1. The number of para-hydroxylation sites is 1. The van der Waals surface area contributed by atoms with Gasteiger partial charge in [0.2, 0.25) is 0 Å². The zero-order valence-corrected chi connectivity index (χ0v) is 12.4. The van der Waals surface area contributed by atoms with Crippen LogP contribution in [0.15, 0.2) is 42.9 Å². The van der Waals surface area contributed by atoms with E-state index in [1.807, 2.05) is 48.3 Å². The molecule has 0 amide bonds. The summed E-state index contributed by atoms with van der Waals surface area (Å²) in [5, 5.41) is 1.03. The molecule has 4 nitrogen and oxygen atoms in total. The van der Waals surface area contributed by atoms with Crippen molar-refractivity contribution in [2.24, 2.45) is 7.05 Å². The van der Waals surface area contributed by atoms with Crippen molar-refractivity contribution in [2.45, 2.75) is 26.3 Å². The summed E-state index contributed by atoms with van der Waals surface area (Å²) in [6.45, 7) is 2.76. The molecule has 0 aliphatic heterocycles. The molecule has 4 heteroatoms. The third-order valence-electron chi connectivity index (χ3n) is 3.90. The molecule has 2 heterocycles. The van der Waals surface area contributed by atoms with Gasteiger partial charge < -0.3 is 9.13 Å². The fourth-order valence-electron chi connectivity index (χ4n) is 2.78. The Morgan fingerprint density at radius 2 is 2.10 bits per heavy atom. The molecule has 0 unspecified atom stereocenters. The van der Waals surface area contributed by atoms with Crippen LogP contribution in [0.1, 0.15) is 29.5 Å². The molecule has 21 heavy (non-hydrogen) atoms. The van der Waals surface area contributed by atoms with Crippen LogP contribution >= 0.6 is 0 Å². The van der Waals surface area contributed by atoms with Crippen molar-refractivity contribution < 1.29 is 4.79 Å². The first-order chi connectivity index (χ1) is 10.2. The van der Waals surface area contributed by atoms with Crippen molar-refractivity contribution >= 4 is 16.7 Å². The molecule has 0 saturated heterocycles. The van der Waals surface area contributed by atoms with Crippen LogP contribution < -0.4 is 0 Å². The van der Waals surface area contributed by atoms with Crippen LogP contribution in [-0.2, 0) is 20.0 Å². The van der Waals surface area contributed by atoms with Crippen LogP contribution in [0, 0.1) is 0 Å². The van der Waals surface area contributed by atoms with E-state index in [4.69, 9.17) is 0 Å². The fraction of sp³-hybridized carbons (Fsp3) is 0.294. The Kier molecular flexibility index (Phi) is 3.60. The summed E-state index contributed by atoms with van der Waals surface area (Å²) in [6, 6.07) is 8.02. The van der Waals surface area contributed by atoms with Gasteiger partial charge in [-0.25, -0.2) is 4.98 Å². The highest BCUT2D eigenvalue weighted by Gasteiger charge is 2.13. The van der Waals surface area contributed by atoms with Crippen LogP contribution in [0.5, 0.6) is 0 Å². The molecule has 0 atom stereocenters. The van der Waals surface area contributed by atoms with Gasteiger partial charge in [0.15, 0.2) is 5.78 Å². The second-order valence-corrected chi connectivity index (χ2v) is 5.23. The monoisotopic (exact) mass is 281 g/mol. The highest BCUT2D eigenvalue weighted by molar-refractivity contribution is 6.08. The third-order valence-corrected chi connectivity index (χ3v) is 3.90. The van der Waals surface area contributed by atoms with E-state index in [2.05, 4.69) is 16.5 Å². The molecule has 0 fully saturated rings. The Bertz CT molecular complexity index is 782. The normalized spacial score (nSPS) is 11.1. The Labute approximate surface area is 124 Å². The Hall–Kier alpha value is -2.36. The average Bonchev–Trinajstić information content (AvgIpc) is 3.10. The van der Waals surface area contributed by atoms with Gasteiger partial charge in [-0.2, -0.15) is 0 Å². The maximum atomic E-state index is 12.5. The Morgan fingerprint density at radius 3 is 2.90 bits per heavy atom. The molecule has 0 bridgehead atoms. The van der Waals surface area contributed by atoms with Crippen molar-refractivity contribution in [3.8, 4) is 0 Å². The quantitative estimate of drug-likeness (QED) is 0.674. The van der Waals surface area contributed by atoms with E-state index in [1.165, 1.54) is 0 Å². The zero-order chi connectivity index (χ0) is 14.8. The second kappa shape index (κ2) is 5.56. The average molecular weight is 281 g/mol. The van der Waals surface area contributed by atoms with Crippen LogP contribution in [-0.4, -0.2) is 19.9 Å². The van der Waals surface area contributed by atoms with E-state index < -0.39 is 0 Å². The van der Waals surface area contributed by atoms with Crippen molar-refractivity contribution in [1.82, 2.24) is 14.1 Å². The first-order valence-electron chi connectivity index (χ1n) is 7.28. The fourth-order valence-corrected chi connectivity index (χ4v) is 2.78. The Morgan fingerprint density at radius 1 is 1.29 bits per heavy atom. The number of benzene rings is 1. The number of Topliss-reactive ketones (excluding diaryl/α,β-unsaturated/α-hetero) is 1. The van der Waals surface area contributed by atoms with E-state index in [0.29, 0.717) is 13.0 Å². The molecular weight excluding hydrogens is 262 g/mol. The summed E-state index contributed by atoms with van der Waals surface area (Å²) < 4.78 is 4.07. The maximum absolute atomic E-state index is 12.5. The first-order valence-corrected chi connectivity index (χ1v) is 7.28. The molecule has 0 aliphatic carbocycles. The van der Waals surface area contributed by atoms with Gasteiger partial charge in [0.1, 0.15) is 5.82 Å². The van der Waals surface area contributed by atoms with Gasteiger partial charge in [-0.05, 0) is 6.07 Å². The van der Waals surface area contributed by atoms with E-state index in [1.54, 1.807) is 6.20 Å². The van der Waals surface area contributed by atoms with E-state index >= 15 is 0 Å². The van der Waals surface area contributed by atoms with Crippen molar-refractivity contribution in [1.29, 1.82) is 0 Å². The molecular formula is C17H19N3O. The number of carbonyl (C=O) groups is 1. The lowest BCUT2D eigenvalue weighted by Gasteiger charge is -2.05. The summed E-state index contributed by atoms with van der Waals surface area (Å²) in [7, 11) is 1.98. The standard InChI is InChI=1S/C17H19N3O/c1-3-17-18-9-11-20(17)10-8-16(21)14-12-19(2)15-7-5-4-6-13(14)15/h4-7,9,11-12H,3,8,10H2,1-2H3. The number of hydrogen-bond donors (Lipinski definition) is 0. The molecule has 0 saturated carbocycles. The maximum Gasteiger partial charge on any atom is 0.166 e. The highest BCUT2D eigenvalue weighted by atomic mass is 16.1. The number of imidazole rings is 1. The van der Waals surface area contributed by atoms with Gasteiger partial charge in [0, 0.05) is 61.5 Å². The van der Waals surface area contributed by atoms with Crippen molar-refractivity contribution in [2.75, 3.05) is 0 Å². The lowest BCUT2D eigenvalue weighted by atomic mass is 10.1. The molecule has 3 aromatic rings. The molecule has 0 spiro atoms. The van der Waals surface area contributed by atoms with E-state index in [9.17, 15) is 4.79 Å². The van der Waals surface area contributed by atoms with Crippen LogP contribution in [0.2, 0.25) is 0 Å². The van der Waals surface area contributed by atoms with E-state index in [-0.39, 0.29) is 5.78 Å². The smallest absolute Gasteiger partial charge is 0.166 e. The second-order valence-electron chi connectivity index (χ2n) is 5.23. The minimum Gasteiger partial charge on any atom is -0.350 e. The van der Waals surface area contributed by atoms with Crippen LogP contribution in [0.3, 0.4) is 0 Å². The summed E-state index contributed by atoms with van der Waals surface area (Å²) >= 11 is 0. The molecule has 108 valence electrons. The predicted molar refractivity (Wildman–Crippen MR) is 83.5 cm³/mol. The number of hydrogen-bond acceptors (Lipinski definition) is 2. The Balaban J connectivity index is 1.81. The van der Waals surface area contributed by atoms with Gasteiger partial charge in [-0.1, -0.05) is 25.1 Å². The number of aromatic nitrogens is 3. The highest BCUT2D eigenvalue weighted by Crippen LogP contribution is 2.21. The SMILES string of the molecule is CCc1nccn1CCC(=O)c1cn(C)c2ccccc12. The molecule has 0 radical (unpaired) electrons. The molecule has 1 aromatic carbocycles. The number of aryl methyl sites for hydroxylation is 3. The zero-order valence-electron chi connectivity index (χ0n) is 12.4. The van der Waals surface area contributed by atoms with Crippen LogP contribution in [0.4, 0.5) is 0 Å². The van der Waals surface area contributed by atoms with Gasteiger partial charge in [-0.15, -0.1) is 0 Å². The topological polar surface area (TPSA) is 39.8 Å². The first kappa shape index (κ1) is 13.6. The largest absolute Gasteiger partial charge is 0.350 e. The number of rotatable bonds is 5. The van der Waals surface area contributed by atoms with E-state index in [0.717, 1.165) is 28.7 Å². The van der Waals surface area contributed by atoms with Gasteiger partial charge in [0.05, 0.1) is 0 Å². The summed E-state index contributed by atoms with van der Waals surface area (Å²) in [4.78, 5) is 16.8. The predicted octanol–water partition coefficient (Wildman–Crippen LogP) is 3.21. The molecule has 2 aromatic heterocycles. The lowest BCUT2D eigenvalue weighted by Crippen LogP contribution is -2.07. The molecule has 0 N–H and O–H groups in total. The minimum absolute atomic E-state index is 0.183. The van der Waals surface area contributed by atoms with Gasteiger partial charge in [-0.3, -0.25) is 4.79 Å². The number of nitrogens with zero attached hydrogens (tertiary/aromatic N) is 3. The summed E-state index contributed by atoms with van der Waals surface area (Å²) in [6.07, 6.45) is 7.05.